The van der Waals surface area contributed by atoms with Crippen LogP contribution in [0.5, 0.6) is 0 Å². The van der Waals surface area contributed by atoms with Gasteiger partial charge in [-0.05, 0) is 32.2 Å². The van der Waals surface area contributed by atoms with Gasteiger partial charge in [-0.15, -0.1) is 11.3 Å². The fourth-order valence-electron chi connectivity index (χ4n) is 3.30. The van der Waals surface area contributed by atoms with Gasteiger partial charge in [0.05, 0.1) is 24.7 Å². The van der Waals surface area contributed by atoms with Gasteiger partial charge in [-0.1, -0.05) is 6.07 Å². The van der Waals surface area contributed by atoms with Crippen LogP contribution in [0.1, 0.15) is 38.0 Å². The number of ether oxygens (including phenoxy) is 2. The molecule has 1 aliphatic carbocycles. The van der Waals surface area contributed by atoms with Gasteiger partial charge in [0, 0.05) is 17.2 Å². The van der Waals surface area contributed by atoms with Crippen molar-refractivity contribution in [2.24, 2.45) is 11.8 Å². The van der Waals surface area contributed by atoms with E-state index in [0.29, 0.717) is 4.88 Å². The second kappa shape index (κ2) is 7.44. The summed E-state index contributed by atoms with van der Waals surface area (Å²) in [5.41, 5.74) is -1.58. The number of esters is 2. The number of Topliss-reactive ketones (excluding diaryl/α,β-unsaturated/α-hetero) is 1. The largest absolute Gasteiger partial charge is 0.466 e. The monoisotopic (exact) mass is 354 g/mol. The van der Waals surface area contributed by atoms with E-state index in [1.165, 1.54) is 18.3 Å². The lowest BCUT2D eigenvalue weighted by atomic mass is 9.63. The summed E-state index contributed by atoms with van der Waals surface area (Å²) in [6.45, 7) is 5.06. The van der Waals surface area contributed by atoms with Crippen molar-refractivity contribution in [2.75, 3.05) is 13.2 Å². The zero-order valence-electron chi connectivity index (χ0n) is 14.0. The lowest BCUT2D eigenvalue weighted by Crippen LogP contribution is -2.55. The summed E-state index contributed by atoms with van der Waals surface area (Å²) in [6, 6.07) is 3.53. The van der Waals surface area contributed by atoms with E-state index in [-0.39, 0.29) is 19.6 Å². The van der Waals surface area contributed by atoms with E-state index in [4.69, 9.17) is 9.47 Å². The second-order valence-electron chi connectivity index (χ2n) is 6.00. The van der Waals surface area contributed by atoms with Crippen molar-refractivity contribution in [3.63, 3.8) is 0 Å². The zero-order chi connectivity index (χ0) is 17.9. The minimum atomic E-state index is -1.58. The summed E-state index contributed by atoms with van der Waals surface area (Å²) in [6.07, 6.45) is -0.290. The Morgan fingerprint density at radius 3 is 2.46 bits per heavy atom. The molecule has 1 aliphatic rings. The number of carbonyl (C=O) groups excluding carboxylic acids is 3. The molecule has 4 atom stereocenters. The summed E-state index contributed by atoms with van der Waals surface area (Å²) in [7, 11) is 0. The van der Waals surface area contributed by atoms with Gasteiger partial charge in [0.25, 0.3) is 0 Å². The van der Waals surface area contributed by atoms with Gasteiger partial charge in [-0.25, -0.2) is 0 Å². The molecule has 1 heterocycles. The molecule has 0 saturated heterocycles. The number of rotatable bonds is 5. The number of aliphatic hydroxyl groups is 1. The quantitative estimate of drug-likeness (QED) is 0.642. The smallest absolute Gasteiger partial charge is 0.317 e. The molecule has 0 unspecified atom stereocenters. The highest BCUT2D eigenvalue weighted by molar-refractivity contribution is 7.10. The Labute approximate surface area is 144 Å². The minimum Gasteiger partial charge on any atom is -0.466 e. The molecule has 24 heavy (non-hydrogen) atoms. The third-order valence-electron chi connectivity index (χ3n) is 4.22. The van der Waals surface area contributed by atoms with Gasteiger partial charge in [-0.3, -0.25) is 14.4 Å². The van der Waals surface area contributed by atoms with Gasteiger partial charge in [-0.2, -0.15) is 0 Å². The number of carbonyl (C=O) groups is 3. The number of hydrogen-bond donors (Lipinski definition) is 1. The predicted molar refractivity (Wildman–Crippen MR) is 87.6 cm³/mol. The maximum absolute atomic E-state index is 12.5. The third kappa shape index (κ3) is 3.52. The molecule has 2 rings (SSSR count). The molecular formula is C17H22O6S. The predicted octanol–water partition coefficient (Wildman–Crippen LogP) is 1.91. The van der Waals surface area contributed by atoms with Crippen molar-refractivity contribution in [3.8, 4) is 0 Å². The van der Waals surface area contributed by atoms with Crippen LogP contribution < -0.4 is 0 Å². The van der Waals surface area contributed by atoms with Crippen LogP contribution in [0, 0.1) is 11.8 Å². The van der Waals surface area contributed by atoms with Gasteiger partial charge in [0.15, 0.2) is 5.78 Å². The molecule has 0 amide bonds. The fraction of sp³-hybridized carbons (Fsp3) is 0.588. The Morgan fingerprint density at radius 2 is 1.92 bits per heavy atom. The Hall–Kier alpha value is -1.73. The SMILES string of the molecule is CCOC(=O)[C@H]1C(=O)C[C@](C)(O)[C@@H](C(=O)OCC)[C@@H]1c1cccs1. The van der Waals surface area contributed by atoms with Crippen LogP contribution in [0.4, 0.5) is 0 Å². The maximum atomic E-state index is 12.5. The summed E-state index contributed by atoms with van der Waals surface area (Å²) < 4.78 is 10.2. The Balaban J connectivity index is 2.53. The lowest BCUT2D eigenvalue weighted by Gasteiger charge is -2.43. The molecule has 1 N–H and O–H groups in total. The summed E-state index contributed by atoms with van der Waals surface area (Å²) >= 11 is 1.33. The Kier molecular flexibility index (Phi) is 5.77. The molecule has 1 fully saturated rings. The lowest BCUT2D eigenvalue weighted by molar-refractivity contribution is -0.172. The van der Waals surface area contributed by atoms with Gasteiger partial charge >= 0.3 is 11.9 Å². The first kappa shape index (κ1) is 18.6. The zero-order valence-corrected chi connectivity index (χ0v) is 14.8. The van der Waals surface area contributed by atoms with Crippen LogP contribution in [0.2, 0.25) is 0 Å². The molecular weight excluding hydrogens is 332 g/mol. The van der Waals surface area contributed by atoms with Crippen LogP contribution >= 0.6 is 11.3 Å². The molecule has 132 valence electrons. The van der Waals surface area contributed by atoms with Crippen molar-refractivity contribution in [1.29, 1.82) is 0 Å². The van der Waals surface area contributed by atoms with Gasteiger partial charge < -0.3 is 14.6 Å². The Bertz CT molecular complexity index is 607. The van der Waals surface area contributed by atoms with Crippen LogP contribution in [0.3, 0.4) is 0 Å². The molecule has 0 aliphatic heterocycles. The Morgan fingerprint density at radius 1 is 1.29 bits per heavy atom. The standard InChI is InChI=1S/C17H22O6S/c1-4-22-15(19)12-10(18)9-17(3,21)14(16(20)23-5-2)13(12)11-7-6-8-24-11/h6-8,12-14,21H,4-5,9H2,1-3H3/t12-,13+,14+,17-/m0/s1. The van der Waals surface area contributed by atoms with E-state index >= 15 is 0 Å². The molecule has 1 aromatic heterocycles. The van der Waals surface area contributed by atoms with E-state index in [1.54, 1.807) is 31.4 Å². The molecule has 1 saturated carbocycles. The average Bonchev–Trinajstić information content (AvgIpc) is 2.99. The minimum absolute atomic E-state index is 0.139. The van der Waals surface area contributed by atoms with Crippen LogP contribution in [-0.4, -0.2) is 41.6 Å². The van der Waals surface area contributed by atoms with Crippen molar-refractivity contribution in [3.05, 3.63) is 22.4 Å². The van der Waals surface area contributed by atoms with Crippen LogP contribution in [0.15, 0.2) is 17.5 Å². The highest BCUT2D eigenvalue weighted by atomic mass is 32.1. The summed E-state index contributed by atoms with van der Waals surface area (Å²) in [5.74, 6) is -4.61. The highest BCUT2D eigenvalue weighted by Crippen LogP contribution is 2.47. The maximum Gasteiger partial charge on any atom is 0.317 e. The normalized spacial score (nSPS) is 30.0. The fourth-order valence-corrected chi connectivity index (χ4v) is 4.21. The molecule has 0 aromatic carbocycles. The van der Waals surface area contributed by atoms with Crippen LogP contribution in [-0.2, 0) is 23.9 Å². The van der Waals surface area contributed by atoms with E-state index < -0.39 is 41.1 Å². The topological polar surface area (TPSA) is 89.9 Å². The third-order valence-corrected chi connectivity index (χ3v) is 5.19. The molecule has 1 aromatic rings. The summed E-state index contributed by atoms with van der Waals surface area (Å²) in [4.78, 5) is 38.1. The molecule has 7 heteroatoms. The van der Waals surface area contributed by atoms with Crippen LogP contribution in [0.25, 0.3) is 0 Å². The van der Waals surface area contributed by atoms with Gasteiger partial charge in [0.2, 0.25) is 0 Å². The average molecular weight is 354 g/mol. The molecule has 6 nitrogen and oxygen atoms in total. The van der Waals surface area contributed by atoms with Crippen molar-refractivity contribution >= 4 is 29.1 Å². The first-order valence-corrected chi connectivity index (χ1v) is 8.83. The van der Waals surface area contributed by atoms with E-state index in [0.717, 1.165) is 0 Å². The first-order chi connectivity index (χ1) is 11.3. The van der Waals surface area contributed by atoms with Crippen molar-refractivity contribution < 1.29 is 29.0 Å². The van der Waals surface area contributed by atoms with Crippen molar-refractivity contribution in [2.45, 2.75) is 38.7 Å². The second-order valence-corrected chi connectivity index (χ2v) is 6.98. The first-order valence-electron chi connectivity index (χ1n) is 7.95. The summed E-state index contributed by atoms with van der Waals surface area (Å²) in [5, 5.41) is 12.5. The van der Waals surface area contributed by atoms with E-state index in [2.05, 4.69) is 0 Å². The molecule has 0 bridgehead atoms. The van der Waals surface area contributed by atoms with Gasteiger partial charge in [0.1, 0.15) is 5.92 Å². The van der Waals surface area contributed by atoms with E-state index in [1.807, 2.05) is 0 Å². The van der Waals surface area contributed by atoms with Crippen molar-refractivity contribution in [1.82, 2.24) is 0 Å². The number of hydrogen-bond acceptors (Lipinski definition) is 7. The number of thiophene rings is 1. The molecule has 0 spiro atoms. The molecule has 0 radical (unpaired) electrons. The number of ketones is 1. The van der Waals surface area contributed by atoms with E-state index in [9.17, 15) is 19.5 Å². The highest BCUT2D eigenvalue weighted by Gasteiger charge is 2.57.